The van der Waals surface area contributed by atoms with Gasteiger partial charge in [0.1, 0.15) is 6.61 Å². The highest BCUT2D eigenvalue weighted by Crippen LogP contribution is 2.09. The Bertz CT molecular complexity index is 446. The summed E-state index contributed by atoms with van der Waals surface area (Å²) in [6.45, 7) is 0.315. The van der Waals surface area contributed by atoms with Crippen molar-refractivity contribution in [1.29, 1.82) is 0 Å². The molecule has 0 saturated carbocycles. The molecule has 0 aliphatic heterocycles. The quantitative estimate of drug-likeness (QED) is 0.741. The summed E-state index contributed by atoms with van der Waals surface area (Å²) in [7, 11) is 3.31. The van der Waals surface area contributed by atoms with Crippen LogP contribution in [-0.2, 0) is 6.54 Å². The molecule has 4 nitrogen and oxygen atoms in total. The predicted octanol–water partition coefficient (Wildman–Crippen LogP) is 0.802. The third kappa shape index (κ3) is 3.82. The van der Waals surface area contributed by atoms with Crippen LogP contribution in [0.5, 0.6) is 0 Å². The fourth-order valence-electron chi connectivity index (χ4n) is 1.43. The summed E-state index contributed by atoms with van der Waals surface area (Å²) in [6.07, 6.45) is 0. The molecule has 0 unspecified atom stereocenters. The van der Waals surface area contributed by atoms with Crippen molar-refractivity contribution >= 4 is 6.03 Å². The molecule has 0 fully saturated rings. The predicted molar refractivity (Wildman–Crippen MR) is 66.3 cm³/mol. The van der Waals surface area contributed by atoms with Crippen LogP contribution in [0.25, 0.3) is 0 Å². The fraction of sp³-hybridized carbons (Fsp3) is 0.308. The SMILES string of the molecule is CNC(=O)N(C)Cc1ccccc1C#CCO. The van der Waals surface area contributed by atoms with Gasteiger partial charge in [0.2, 0.25) is 0 Å². The van der Waals surface area contributed by atoms with Gasteiger partial charge in [-0.25, -0.2) is 4.79 Å². The number of urea groups is 1. The Labute approximate surface area is 101 Å². The number of hydrogen-bond donors (Lipinski definition) is 2. The summed E-state index contributed by atoms with van der Waals surface area (Å²) in [5, 5.41) is 11.2. The molecule has 0 heterocycles. The van der Waals surface area contributed by atoms with E-state index in [0.717, 1.165) is 11.1 Å². The molecule has 0 aliphatic carbocycles. The van der Waals surface area contributed by atoms with Gasteiger partial charge in [-0.2, -0.15) is 0 Å². The van der Waals surface area contributed by atoms with E-state index in [0.29, 0.717) is 6.54 Å². The third-order valence-corrected chi connectivity index (χ3v) is 2.29. The first-order chi connectivity index (χ1) is 8.19. The van der Waals surface area contributed by atoms with Crippen molar-refractivity contribution < 1.29 is 9.90 Å². The van der Waals surface area contributed by atoms with E-state index in [2.05, 4.69) is 17.2 Å². The minimum Gasteiger partial charge on any atom is -0.384 e. The van der Waals surface area contributed by atoms with Crippen LogP contribution in [0.1, 0.15) is 11.1 Å². The number of hydrogen-bond acceptors (Lipinski definition) is 2. The Morgan fingerprint density at radius 1 is 1.47 bits per heavy atom. The lowest BCUT2D eigenvalue weighted by Gasteiger charge is -2.17. The van der Waals surface area contributed by atoms with Crippen LogP contribution in [0, 0.1) is 11.8 Å². The first-order valence-electron chi connectivity index (χ1n) is 5.29. The van der Waals surface area contributed by atoms with E-state index in [9.17, 15) is 4.79 Å². The van der Waals surface area contributed by atoms with Crippen molar-refractivity contribution in [3.05, 3.63) is 35.4 Å². The zero-order valence-corrected chi connectivity index (χ0v) is 10.0. The standard InChI is InChI=1S/C13H16N2O2/c1-14-13(17)15(2)10-12-7-4-3-6-11(12)8-5-9-16/h3-4,6-7,16H,9-10H2,1-2H3,(H,14,17). The first-order valence-corrected chi connectivity index (χ1v) is 5.29. The van der Waals surface area contributed by atoms with Gasteiger partial charge in [-0.05, 0) is 11.6 Å². The monoisotopic (exact) mass is 232 g/mol. The van der Waals surface area contributed by atoms with Crippen LogP contribution in [0.2, 0.25) is 0 Å². The van der Waals surface area contributed by atoms with Crippen molar-refractivity contribution in [3.8, 4) is 11.8 Å². The molecule has 4 heteroatoms. The second-order valence-electron chi connectivity index (χ2n) is 3.53. The molecule has 2 N–H and O–H groups in total. The Morgan fingerprint density at radius 2 is 2.18 bits per heavy atom. The van der Waals surface area contributed by atoms with Crippen LogP contribution in [0.15, 0.2) is 24.3 Å². The Hall–Kier alpha value is -1.99. The highest BCUT2D eigenvalue weighted by Gasteiger charge is 2.08. The number of amides is 2. The summed E-state index contributed by atoms with van der Waals surface area (Å²) in [4.78, 5) is 12.9. The summed E-state index contributed by atoms with van der Waals surface area (Å²) in [6, 6.07) is 7.42. The minimum atomic E-state index is -0.167. The molecule has 2 amide bonds. The summed E-state index contributed by atoms with van der Waals surface area (Å²) in [5.41, 5.74) is 1.79. The van der Waals surface area contributed by atoms with Crippen LogP contribution >= 0.6 is 0 Å². The highest BCUT2D eigenvalue weighted by atomic mass is 16.2. The molecule has 0 atom stereocenters. The van der Waals surface area contributed by atoms with E-state index in [-0.39, 0.29) is 12.6 Å². The van der Waals surface area contributed by atoms with Crippen LogP contribution in [0.4, 0.5) is 4.79 Å². The first kappa shape index (κ1) is 13.1. The summed E-state index contributed by atoms with van der Waals surface area (Å²) in [5.74, 6) is 5.47. The van der Waals surface area contributed by atoms with Crippen LogP contribution in [0.3, 0.4) is 0 Å². The van der Waals surface area contributed by atoms with Gasteiger partial charge in [-0.15, -0.1) is 0 Å². The highest BCUT2D eigenvalue weighted by molar-refractivity contribution is 5.73. The van der Waals surface area contributed by atoms with Gasteiger partial charge >= 0.3 is 6.03 Å². The number of carbonyl (C=O) groups excluding carboxylic acids is 1. The molecule has 0 aliphatic rings. The molecule has 0 spiro atoms. The van der Waals surface area contributed by atoms with E-state index in [1.165, 1.54) is 0 Å². The van der Waals surface area contributed by atoms with Gasteiger partial charge in [0.15, 0.2) is 0 Å². The van der Waals surface area contributed by atoms with Gasteiger partial charge < -0.3 is 15.3 Å². The number of aliphatic hydroxyl groups is 1. The smallest absolute Gasteiger partial charge is 0.317 e. The molecule has 0 radical (unpaired) electrons. The number of aliphatic hydroxyl groups excluding tert-OH is 1. The molecule has 0 aromatic heterocycles. The lowest BCUT2D eigenvalue weighted by Crippen LogP contribution is -2.34. The average molecular weight is 232 g/mol. The molecule has 1 aromatic rings. The molecule has 1 aromatic carbocycles. The molecule has 1 rings (SSSR count). The van der Waals surface area contributed by atoms with E-state index >= 15 is 0 Å². The number of nitrogens with one attached hydrogen (secondary N) is 1. The van der Waals surface area contributed by atoms with Gasteiger partial charge in [0.25, 0.3) is 0 Å². The molecule has 90 valence electrons. The largest absolute Gasteiger partial charge is 0.384 e. The Kier molecular flexibility index (Phi) is 5.05. The Balaban J connectivity index is 2.87. The topological polar surface area (TPSA) is 52.6 Å². The van der Waals surface area contributed by atoms with Gasteiger partial charge in [-0.3, -0.25) is 0 Å². The zero-order valence-electron chi connectivity index (χ0n) is 10.0. The molecular weight excluding hydrogens is 216 g/mol. The van der Waals surface area contributed by atoms with Crippen LogP contribution in [-0.4, -0.2) is 36.7 Å². The molecule has 0 bridgehead atoms. The lowest BCUT2D eigenvalue weighted by molar-refractivity contribution is 0.209. The third-order valence-electron chi connectivity index (χ3n) is 2.29. The fourth-order valence-corrected chi connectivity index (χ4v) is 1.43. The molecular formula is C13H16N2O2. The maximum Gasteiger partial charge on any atom is 0.317 e. The molecule has 0 saturated heterocycles. The van der Waals surface area contributed by atoms with Gasteiger partial charge in [0, 0.05) is 26.2 Å². The number of rotatable bonds is 2. The Morgan fingerprint density at radius 3 is 2.82 bits per heavy atom. The second-order valence-corrected chi connectivity index (χ2v) is 3.53. The maximum atomic E-state index is 11.4. The van der Waals surface area contributed by atoms with Gasteiger partial charge in [-0.1, -0.05) is 30.0 Å². The van der Waals surface area contributed by atoms with Crippen molar-refractivity contribution in [2.75, 3.05) is 20.7 Å². The number of carbonyl (C=O) groups is 1. The van der Waals surface area contributed by atoms with Crippen molar-refractivity contribution in [3.63, 3.8) is 0 Å². The van der Waals surface area contributed by atoms with E-state index < -0.39 is 0 Å². The minimum absolute atomic E-state index is 0.144. The van der Waals surface area contributed by atoms with E-state index in [1.54, 1.807) is 19.0 Å². The van der Waals surface area contributed by atoms with Crippen molar-refractivity contribution in [1.82, 2.24) is 10.2 Å². The summed E-state index contributed by atoms with van der Waals surface area (Å²) >= 11 is 0. The number of benzene rings is 1. The van der Waals surface area contributed by atoms with E-state index in [1.807, 2.05) is 24.3 Å². The second kappa shape index (κ2) is 6.56. The van der Waals surface area contributed by atoms with Crippen molar-refractivity contribution in [2.45, 2.75) is 6.54 Å². The number of nitrogens with zero attached hydrogens (tertiary/aromatic N) is 1. The lowest BCUT2D eigenvalue weighted by atomic mass is 10.1. The van der Waals surface area contributed by atoms with Crippen LogP contribution < -0.4 is 5.32 Å². The normalized spacial score (nSPS) is 9.12. The van der Waals surface area contributed by atoms with Crippen molar-refractivity contribution in [2.24, 2.45) is 0 Å². The van der Waals surface area contributed by atoms with Gasteiger partial charge in [0.05, 0.1) is 0 Å². The molecule has 17 heavy (non-hydrogen) atoms. The zero-order chi connectivity index (χ0) is 12.7. The van der Waals surface area contributed by atoms with E-state index in [4.69, 9.17) is 5.11 Å². The average Bonchev–Trinajstić information content (AvgIpc) is 2.36. The maximum absolute atomic E-state index is 11.4. The summed E-state index contributed by atoms with van der Waals surface area (Å²) < 4.78 is 0.